The monoisotopic (exact) mass is 484 g/mol. The fourth-order valence-corrected chi connectivity index (χ4v) is 3.38. The van der Waals surface area contributed by atoms with Gasteiger partial charge in [0.15, 0.2) is 10.9 Å². The molecule has 1 unspecified atom stereocenters. The zero-order valence-corrected chi connectivity index (χ0v) is 19.0. The van der Waals surface area contributed by atoms with Gasteiger partial charge in [-0.2, -0.15) is 0 Å². The molecule has 1 atom stereocenters. The number of rotatable bonds is 8. The van der Waals surface area contributed by atoms with Gasteiger partial charge in [0.2, 0.25) is 5.91 Å². The number of carbonyl (C=O) groups excluding carboxylic acids is 2. The fraction of sp³-hybridized carbons (Fsp3) is 0.368. The second-order valence-electron chi connectivity index (χ2n) is 6.43. The Morgan fingerprint density at radius 3 is 2.54 bits per heavy atom. The van der Waals surface area contributed by atoms with Gasteiger partial charge in [0.1, 0.15) is 6.04 Å². The summed E-state index contributed by atoms with van der Waals surface area (Å²) in [6, 6.07) is 6.51. The number of amides is 2. The minimum absolute atomic E-state index is 0.0674. The Kier molecular flexibility index (Phi) is 8.72. The zero-order valence-electron chi connectivity index (χ0n) is 15.8. The Morgan fingerprint density at radius 2 is 1.93 bits per heavy atom. The van der Waals surface area contributed by atoms with Crippen molar-refractivity contribution in [3.63, 3.8) is 0 Å². The first kappa shape index (κ1) is 22.6. The smallest absolute Gasteiger partial charge is 0.272 e. The minimum atomic E-state index is -0.718. The third-order valence-electron chi connectivity index (χ3n) is 3.65. The Labute approximate surface area is 182 Å². The van der Waals surface area contributed by atoms with E-state index in [1.807, 2.05) is 32.9 Å². The van der Waals surface area contributed by atoms with Crippen molar-refractivity contribution < 1.29 is 9.59 Å². The third-order valence-corrected chi connectivity index (χ3v) is 5.20. The molecule has 0 radical (unpaired) electrons. The van der Waals surface area contributed by atoms with Gasteiger partial charge in [-0.15, -0.1) is 0 Å². The van der Waals surface area contributed by atoms with Crippen LogP contribution in [0.15, 0.2) is 40.1 Å². The van der Waals surface area contributed by atoms with Gasteiger partial charge in [0, 0.05) is 10.2 Å². The van der Waals surface area contributed by atoms with Crippen molar-refractivity contribution in [2.75, 3.05) is 11.1 Å². The fourth-order valence-electron chi connectivity index (χ4n) is 2.40. The van der Waals surface area contributed by atoms with Crippen LogP contribution in [0.4, 0.5) is 5.69 Å². The second kappa shape index (κ2) is 10.8. The van der Waals surface area contributed by atoms with Gasteiger partial charge in [0.05, 0.1) is 11.2 Å². The van der Waals surface area contributed by atoms with Gasteiger partial charge in [-0.05, 0) is 42.4 Å². The van der Waals surface area contributed by atoms with E-state index < -0.39 is 11.9 Å². The van der Waals surface area contributed by atoms with Crippen molar-refractivity contribution in [3.8, 4) is 0 Å². The van der Waals surface area contributed by atoms with E-state index in [-0.39, 0.29) is 22.5 Å². The highest BCUT2D eigenvalue weighted by molar-refractivity contribution is 9.10. The van der Waals surface area contributed by atoms with E-state index in [1.165, 1.54) is 18.0 Å². The number of nitrogens with zero attached hydrogens (tertiary/aromatic N) is 2. The Morgan fingerprint density at radius 1 is 1.25 bits per heavy atom. The van der Waals surface area contributed by atoms with E-state index in [1.54, 1.807) is 12.1 Å². The lowest BCUT2D eigenvalue weighted by Crippen LogP contribution is -2.45. The van der Waals surface area contributed by atoms with Crippen LogP contribution in [0.3, 0.4) is 0 Å². The highest BCUT2D eigenvalue weighted by Crippen LogP contribution is 2.19. The number of carbonyl (C=O) groups is 2. The normalized spacial score (nSPS) is 11.9. The molecule has 1 aromatic heterocycles. The van der Waals surface area contributed by atoms with E-state index in [2.05, 4.69) is 36.5 Å². The van der Waals surface area contributed by atoms with Crippen molar-refractivity contribution in [1.82, 2.24) is 15.3 Å². The predicted molar refractivity (Wildman–Crippen MR) is 117 cm³/mol. The van der Waals surface area contributed by atoms with Crippen molar-refractivity contribution in [2.24, 2.45) is 5.92 Å². The number of nitrogens with one attached hydrogen (secondary N) is 2. The van der Waals surface area contributed by atoms with Crippen LogP contribution >= 0.6 is 39.3 Å². The van der Waals surface area contributed by atoms with Gasteiger partial charge >= 0.3 is 0 Å². The molecule has 0 aliphatic carbocycles. The molecule has 0 saturated carbocycles. The minimum Gasteiger partial charge on any atom is -0.339 e. The van der Waals surface area contributed by atoms with Crippen LogP contribution in [0.1, 0.15) is 37.7 Å². The Hall–Kier alpha value is -1.64. The van der Waals surface area contributed by atoms with Crippen molar-refractivity contribution in [2.45, 2.75) is 38.4 Å². The molecule has 6 nitrogen and oxygen atoms in total. The summed E-state index contributed by atoms with van der Waals surface area (Å²) in [7, 11) is 0. The SMILES string of the molecule is CCSc1ncc(Cl)c(C(=O)NC(CC(C)C)C(=O)Nc2ccc(Br)cc2)n1. The largest absolute Gasteiger partial charge is 0.339 e. The predicted octanol–water partition coefficient (Wildman–Crippen LogP) is 4.79. The molecule has 1 aromatic carbocycles. The molecule has 150 valence electrons. The molecule has 2 N–H and O–H groups in total. The molecular weight excluding hydrogens is 464 g/mol. The van der Waals surface area contributed by atoms with E-state index in [0.29, 0.717) is 17.3 Å². The van der Waals surface area contributed by atoms with Crippen LogP contribution in [0.5, 0.6) is 0 Å². The number of halogens is 2. The quantitative estimate of drug-likeness (QED) is 0.415. The van der Waals surface area contributed by atoms with Crippen LogP contribution in [0.2, 0.25) is 5.02 Å². The molecule has 0 fully saturated rings. The summed E-state index contributed by atoms with van der Waals surface area (Å²) in [5, 5.41) is 6.21. The average molecular weight is 486 g/mol. The van der Waals surface area contributed by atoms with Crippen molar-refractivity contribution in [3.05, 3.63) is 45.7 Å². The average Bonchev–Trinajstić information content (AvgIpc) is 2.64. The van der Waals surface area contributed by atoms with Crippen molar-refractivity contribution in [1.29, 1.82) is 0 Å². The first-order valence-electron chi connectivity index (χ1n) is 8.82. The van der Waals surface area contributed by atoms with Crippen LogP contribution in [-0.2, 0) is 4.79 Å². The Balaban J connectivity index is 2.16. The summed E-state index contributed by atoms with van der Waals surface area (Å²) in [6.45, 7) is 5.94. The summed E-state index contributed by atoms with van der Waals surface area (Å²) in [4.78, 5) is 33.8. The standard InChI is InChI=1S/C19H22BrClN4O2S/c1-4-28-19-22-10-14(21)16(25-19)18(27)24-15(9-11(2)3)17(26)23-13-7-5-12(20)6-8-13/h5-8,10-11,15H,4,9H2,1-3H3,(H,23,26)(H,24,27). The van der Waals surface area contributed by atoms with Crippen molar-refractivity contribution >= 4 is 56.8 Å². The van der Waals surface area contributed by atoms with Gasteiger partial charge in [-0.3, -0.25) is 9.59 Å². The molecule has 28 heavy (non-hydrogen) atoms. The van der Waals surface area contributed by atoms with E-state index in [0.717, 1.165) is 10.2 Å². The lowest BCUT2D eigenvalue weighted by Gasteiger charge is -2.20. The Bertz CT molecular complexity index is 833. The maximum atomic E-state index is 12.7. The first-order chi connectivity index (χ1) is 13.3. The molecular formula is C19H22BrClN4O2S. The number of aromatic nitrogens is 2. The molecule has 2 aromatic rings. The number of hydrogen-bond donors (Lipinski definition) is 2. The number of benzene rings is 1. The molecule has 2 rings (SSSR count). The summed E-state index contributed by atoms with van der Waals surface area (Å²) in [5.41, 5.74) is 0.718. The van der Waals surface area contributed by atoms with Gasteiger partial charge in [-0.1, -0.05) is 60.1 Å². The van der Waals surface area contributed by atoms with Crippen LogP contribution < -0.4 is 10.6 Å². The maximum absolute atomic E-state index is 12.7. The molecule has 0 bridgehead atoms. The maximum Gasteiger partial charge on any atom is 0.272 e. The molecule has 2 amide bonds. The summed E-state index contributed by atoms with van der Waals surface area (Å²) < 4.78 is 0.914. The van der Waals surface area contributed by atoms with Crippen LogP contribution in [0.25, 0.3) is 0 Å². The van der Waals surface area contributed by atoms with Gasteiger partial charge < -0.3 is 10.6 Å². The highest BCUT2D eigenvalue weighted by atomic mass is 79.9. The molecule has 1 heterocycles. The van der Waals surface area contributed by atoms with E-state index in [4.69, 9.17) is 11.6 Å². The zero-order chi connectivity index (χ0) is 20.7. The molecule has 0 saturated heterocycles. The first-order valence-corrected chi connectivity index (χ1v) is 11.0. The molecule has 9 heteroatoms. The molecule has 0 aliphatic heterocycles. The molecule has 0 aliphatic rings. The summed E-state index contributed by atoms with van der Waals surface area (Å²) in [6.07, 6.45) is 1.88. The summed E-state index contributed by atoms with van der Waals surface area (Å²) in [5.74, 6) is 0.182. The lowest BCUT2D eigenvalue weighted by atomic mass is 10.0. The number of hydrogen-bond acceptors (Lipinski definition) is 5. The summed E-state index contributed by atoms with van der Waals surface area (Å²) >= 11 is 10.9. The van der Waals surface area contributed by atoms with Crippen LogP contribution in [-0.4, -0.2) is 33.6 Å². The number of anilines is 1. The third kappa shape index (κ3) is 6.76. The van der Waals surface area contributed by atoms with Gasteiger partial charge in [0.25, 0.3) is 5.91 Å². The topological polar surface area (TPSA) is 84.0 Å². The van der Waals surface area contributed by atoms with E-state index in [9.17, 15) is 9.59 Å². The second-order valence-corrected chi connectivity index (χ2v) is 8.99. The van der Waals surface area contributed by atoms with Crippen LogP contribution in [0, 0.1) is 5.92 Å². The highest BCUT2D eigenvalue weighted by Gasteiger charge is 2.25. The van der Waals surface area contributed by atoms with E-state index >= 15 is 0 Å². The van der Waals surface area contributed by atoms with Gasteiger partial charge in [-0.25, -0.2) is 9.97 Å². The number of thioether (sulfide) groups is 1. The molecule has 0 spiro atoms. The lowest BCUT2D eigenvalue weighted by molar-refractivity contribution is -0.118.